The predicted octanol–water partition coefficient (Wildman–Crippen LogP) is 2.40. The van der Waals surface area contributed by atoms with Gasteiger partial charge in [-0.25, -0.2) is 0 Å². The minimum absolute atomic E-state index is 0.0585. The van der Waals surface area contributed by atoms with Gasteiger partial charge in [0.1, 0.15) is 0 Å². The Morgan fingerprint density at radius 2 is 1.67 bits per heavy atom. The highest BCUT2D eigenvalue weighted by Crippen LogP contribution is 2.24. The first kappa shape index (κ1) is 23.7. The Balaban J connectivity index is 1.22. The third-order valence-electron chi connectivity index (χ3n) is 6.93. The van der Waals surface area contributed by atoms with Crippen molar-refractivity contribution < 1.29 is 14.5 Å². The van der Waals surface area contributed by atoms with Crippen LogP contribution in [0.25, 0.3) is 0 Å². The summed E-state index contributed by atoms with van der Waals surface area (Å²) in [7, 11) is 0. The van der Waals surface area contributed by atoms with Gasteiger partial charge in [0.05, 0.1) is 11.3 Å². The Morgan fingerprint density at radius 1 is 0.944 bits per heavy atom. The second-order valence-corrected chi connectivity index (χ2v) is 9.21. The lowest BCUT2D eigenvalue weighted by Crippen LogP contribution is -2.48. The van der Waals surface area contributed by atoms with E-state index in [1.54, 1.807) is 23.1 Å². The van der Waals surface area contributed by atoms with Gasteiger partial charge in [0, 0.05) is 75.1 Å². The van der Waals surface area contributed by atoms with Crippen molar-refractivity contribution in [2.24, 2.45) is 0 Å². The fraction of sp³-hybridized carbons (Fsp3) is 0.346. The minimum atomic E-state index is -0.469. The Morgan fingerprint density at radius 3 is 2.42 bits per heavy atom. The van der Waals surface area contributed by atoms with Crippen molar-refractivity contribution in [1.82, 2.24) is 24.9 Å². The molecular weight excluding hydrogens is 460 g/mol. The van der Waals surface area contributed by atoms with Crippen LogP contribution < -0.4 is 0 Å². The summed E-state index contributed by atoms with van der Waals surface area (Å²) in [5.74, 6) is -0.330. The molecule has 10 nitrogen and oxygen atoms in total. The number of hydrogen-bond acceptors (Lipinski definition) is 6. The zero-order chi connectivity index (χ0) is 25.1. The molecule has 5 rings (SSSR count). The van der Waals surface area contributed by atoms with Gasteiger partial charge in [0.15, 0.2) is 5.69 Å². The Labute approximate surface area is 208 Å². The summed E-state index contributed by atoms with van der Waals surface area (Å²) in [4.78, 5) is 43.0. The molecular formula is C26H28N6O4. The number of carbonyl (C=O) groups excluding carboxylic acids is 2. The van der Waals surface area contributed by atoms with E-state index in [0.717, 1.165) is 30.9 Å². The number of aromatic amines is 1. The van der Waals surface area contributed by atoms with Crippen LogP contribution in [-0.4, -0.2) is 74.4 Å². The Bertz CT molecular complexity index is 1270. The average molecular weight is 489 g/mol. The number of aromatic nitrogens is 2. The molecule has 2 aliphatic heterocycles. The topological polar surface area (TPSA) is 116 Å². The van der Waals surface area contributed by atoms with Gasteiger partial charge in [-0.15, -0.1) is 0 Å². The molecule has 2 aromatic carbocycles. The van der Waals surface area contributed by atoms with Gasteiger partial charge in [0.2, 0.25) is 5.91 Å². The first-order valence-corrected chi connectivity index (χ1v) is 12.1. The maximum absolute atomic E-state index is 13.3. The quantitative estimate of drug-likeness (QED) is 0.421. The van der Waals surface area contributed by atoms with Crippen molar-refractivity contribution in [3.05, 3.63) is 92.8 Å². The molecule has 0 atom stereocenters. The number of nitrogens with one attached hydrogen (secondary N) is 1. The van der Waals surface area contributed by atoms with E-state index in [-0.39, 0.29) is 30.5 Å². The van der Waals surface area contributed by atoms with Crippen molar-refractivity contribution in [3.63, 3.8) is 0 Å². The number of piperazine rings is 1. The fourth-order valence-electron chi connectivity index (χ4n) is 4.90. The van der Waals surface area contributed by atoms with E-state index in [9.17, 15) is 19.7 Å². The van der Waals surface area contributed by atoms with Crippen molar-refractivity contribution in [3.8, 4) is 0 Å². The van der Waals surface area contributed by atoms with E-state index in [1.807, 2.05) is 23.1 Å². The average Bonchev–Trinajstić information content (AvgIpc) is 3.33. The summed E-state index contributed by atoms with van der Waals surface area (Å²) >= 11 is 0. The molecule has 2 aliphatic rings. The molecule has 2 amide bonds. The van der Waals surface area contributed by atoms with Gasteiger partial charge >= 0.3 is 0 Å². The van der Waals surface area contributed by atoms with Gasteiger partial charge in [-0.1, -0.05) is 48.5 Å². The van der Waals surface area contributed by atoms with Crippen LogP contribution in [0.1, 0.15) is 32.9 Å². The van der Waals surface area contributed by atoms with Crippen molar-refractivity contribution in [1.29, 1.82) is 0 Å². The van der Waals surface area contributed by atoms with Crippen LogP contribution in [0, 0.1) is 10.1 Å². The number of amides is 2. The van der Waals surface area contributed by atoms with Crippen molar-refractivity contribution in [2.75, 3.05) is 32.7 Å². The Hall–Kier alpha value is -4.05. The van der Waals surface area contributed by atoms with E-state index in [1.165, 1.54) is 11.6 Å². The number of benzene rings is 2. The lowest BCUT2D eigenvalue weighted by Gasteiger charge is -2.35. The molecule has 1 N–H and O–H groups in total. The standard InChI is InChI=1S/C26H28N6O4/c33-24(16-20-8-4-5-9-23(20)32(35)36)31-11-10-22-21(18-31)25(28-27-22)26(34)30-14-12-29(13-15-30)17-19-6-2-1-3-7-19/h1-9H,10-18H2,(H,27,28). The first-order chi connectivity index (χ1) is 17.5. The van der Waals surface area contributed by atoms with Crippen LogP contribution in [-0.2, 0) is 30.7 Å². The SMILES string of the molecule is O=C(Cc1ccccc1[N+](=O)[O-])N1CCc2[nH]nc(C(=O)N3CCN(Cc4ccccc4)CC3)c2C1. The number of para-hydroxylation sites is 1. The maximum Gasteiger partial charge on any atom is 0.274 e. The first-order valence-electron chi connectivity index (χ1n) is 12.1. The van der Waals surface area contributed by atoms with Crippen LogP contribution in [0.3, 0.4) is 0 Å². The second-order valence-electron chi connectivity index (χ2n) is 9.21. The van der Waals surface area contributed by atoms with Crippen LogP contribution in [0.15, 0.2) is 54.6 Å². The van der Waals surface area contributed by atoms with Gasteiger partial charge in [-0.05, 0) is 5.56 Å². The van der Waals surface area contributed by atoms with Crippen LogP contribution >= 0.6 is 0 Å². The summed E-state index contributed by atoms with van der Waals surface area (Å²) in [5, 5.41) is 18.6. The maximum atomic E-state index is 13.3. The highest BCUT2D eigenvalue weighted by molar-refractivity contribution is 5.94. The molecule has 1 saturated heterocycles. The normalized spacial score (nSPS) is 16.0. The molecule has 0 aliphatic carbocycles. The molecule has 3 aromatic rings. The highest BCUT2D eigenvalue weighted by Gasteiger charge is 2.31. The molecule has 10 heteroatoms. The number of carbonyl (C=O) groups is 2. The van der Waals surface area contributed by atoms with E-state index >= 15 is 0 Å². The van der Waals surface area contributed by atoms with Crippen LogP contribution in [0.2, 0.25) is 0 Å². The summed E-state index contributed by atoms with van der Waals surface area (Å²) in [5.41, 5.74) is 3.56. The summed E-state index contributed by atoms with van der Waals surface area (Å²) in [6.45, 7) is 4.40. The van der Waals surface area contributed by atoms with Crippen molar-refractivity contribution >= 4 is 17.5 Å². The number of fused-ring (bicyclic) bond motifs is 1. The lowest BCUT2D eigenvalue weighted by atomic mass is 10.0. The number of rotatable bonds is 6. The number of nitrogens with zero attached hydrogens (tertiary/aromatic N) is 5. The summed E-state index contributed by atoms with van der Waals surface area (Å²) < 4.78 is 0. The number of nitro groups is 1. The van der Waals surface area contributed by atoms with Gasteiger partial charge in [-0.3, -0.25) is 29.7 Å². The third kappa shape index (κ3) is 4.99. The van der Waals surface area contributed by atoms with Crippen LogP contribution in [0.4, 0.5) is 5.69 Å². The molecule has 0 radical (unpaired) electrons. The summed E-state index contributed by atoms with van der Waals surface area (Å²) in [6, 6.07) is 16.6. The molecule has 36 heavy (non-hydrogen) atoms. The monoisotopic (exact) mass is 488 g/mol. The molecule has 0 bridgehead atoms. The molecule has 1 fully saturated rings. The molecule has 186 valence electrons. The van der Waals surface area contributed by atoms with Gasteiger partial charge in [0.25, 0.3) is 11.6 Å². The second kappa shape index (κ2) is 10.3. The van der Waals surface area contributed by atoms with Crippen molar-refractivity contribution in [2.45, 2.75) is 25.9 Å². The third-order valence-corrected chi connectivity index (χ3v) is 6.93. The van der Waals surface area contributed by atoms with Gasteiger partial charge in [-0.2, -0.15) is 5.10 Å². The van der Waals surface area contributed by atoms with E-state index in [2.05, 4.69) is 27.2 Å². The Kier molecular flexibility index (Phi) is 6.77. The molecule has 0 saturated carbocycles. The minimum Gasteiger partial charge on any atom is -0.338 e. The zero-order valence-electron chi connectivity index (χ0n) is 19.9. The summed E-state index contributed by atoms with van der Waals surface area (Å²) in [6.07, 6.45) is 0.500. The number of hydrogen-bond donors (Lipinski definition) is 1. The predicted molar refractivity (Wildman–Crippen MR) is 132 cm³/mol. The smallest absolute Gasteiger partial charge is 0.274 e. The fourth-order valence-corrected chi connectivity index (χ4v) is 4.90. The van der Waals surface area contributed by atoms with E-state index in [4.69, 9.17) is 0 Å². The molecule has 0 spiro atoms. The largest absolute Gasteiger partial charge is 0.338 e. The van der Waals surface area contributed by atoms with E-state index < -0.39 is 4.92 Å². The zero-order valence-corrected chi connectivity index (χ0v) is 19.9. The van der Waals surface area contributed by atoms with E-state index in [0.29, 0.717) is 37.3 Å². The number of H-pyrrole nitrogens is 1. The number of nitro benzene ring substituents is 1. The molecule has 1 aromatic heterocycles. The molecule has 0 unspecified atom stereocenters. The van der Waals surface area contributed by atoms with Gasteiger partial charge < -0.3 is 9.80 Å². The van der Waals surface area contributed by atoms with Crippen LogP contribution in [0.5, 0.6) is 0 Å². The molecule has 3 heterocycles. The lowest BCUT2D eigenvalue weighted by molar-refractivity contribution is -0.385. The highest BCUT2D eigenvalue weighted by atomic mass is 16.6.